The number of carbonyl (C=O) groups excluding carboxylic acids is 1. The lowest BCUT2D eigenvalue weighted by molar-refractivity contribution is -0.136. The summed E-state index contributed by atoms with van der Waals surface area (Å²) >= 11 is 4.44. The number of aliphatic carboxylic acids is 1. The summed E-state index contributed by atoms with van der Waals surface area (Å²) in [6, 6.07) is 6.96. The van der Waals surface area contributed by atoms with Crippen molar-refractivity contribution in [2.24, 2.45) is 0 Å². The van der Waals surface area contributed by atoms with E-state index in [-0.39, 0.29) is 12.2 Å². The highest BCUT2D eigenvalue weighted by Gasteiger charge is 2.20. The number of ketones is 1. The van der Waals surface area contributed by atoms with Gasteiger partial charge < -0.3 is 5.11 Å². The number of hydrogen-bond donors (Lipinski definition) is 1. The SMILES string of the molecule is CSC(CC(=O)c1cccc(Br)c1)C(=O)O. The van der Waals surface area contributed by atoms with E-state index in [0.29, 0.717) is 5.56 Å². The first-order valence-corrected chi connectivity index (χ1v) is 6.67. The topological polar surface area (TPSA) is 54.4 Å². The molecule has 0 aliphatic carbocycles. The molecule has 0 radical (unpaired) electrons. The lowest BCUT2D eigenvalue weighted by atomic mass is 10.1. The molecule has 86 valence electrons. The summed E-state index contributed by atoms with van der Waals surface area (Å²) in [6.45, 7) is 0. The van der Waals surface area contributed by atoms with Gasteiger partial charge in [0.1, 0.15) is 5.25 Å². The molecule has 0 fully saturated rings. The Morgan fingerprint density at radius 3 is 2.69 bits per heavy atom. The third-order valence-electron chi connectivity index (χ3n) is 2.08. The van der Waals surface area contributed by atoms with Crippen molar-refractivity contribution < 1.29 is 14.7 Å². The Morgan fingerprint density at radius 2 is 2.19 bits per heavy atom. The Kier molecular flexibility index (Phi) is 5.02. The fraction of sp³-hybridized carbons (Fsp3) is 0.273. The van der Waals surface area contributed by atoms with Gasteiger partial charge in [-0.05, 0) is 18.4 Å². The molecule has 0 spiro atoms. The lowest BCUT2D eigenvalue weighted by Gasteiger charge is -2.08. The van der Waals surface area contributed by atoms with Crippen LogP contribution in [0.3, 0.4) is 0 Å². The van der Waals surface area contributed by atoms with Gasteiger partial charge in [-0.25, -0.2) is 0 Å². The van der Waals surface area contributed by atoms with Crippen molar-refractivity contribution in [3.05, 3.63) is 34.3 Å². The third-order valence-corrected chi connectivity index (χ3v) is 3.51. The quantitative estimate of drug-likeness (QED) is 0.850. The number of thioether (sulfide) groups is 1. The first kappa shape index (κ1) is 13.3. The van der Waals surface area contributed by atoms with Crippen molar-refractivity contribution in [3.8, 4) is 0 Å². The van der Waals surface area contributed by atoms with Crippen molar-refractivity contribution in [1.29, 1.82) is 0 Å². The number of hydrogen-bond acceptors (Lipinski definition) is 3. The molecule has 0 aliphatic rings. The van der Waals surface area contributed by atoms with Gasteiger partial charge in [0.15, 0.2) is 5.78 Å². The molecule has 5 heteroatoms. The summed E-state index contributed by atoms with van der Waals surface area (Å²) in [5.41, 5.74) is 0.537. The molecule has 0 amide bonds. The molecule has 0 saturated heterocycles. The summed E-state index contributed by atoms with van der Waals surface area (Å²) in [4.78, 5) is 22.6. The number of Topliss-reactive ketones (excluding diaryl/α,β-unsaturated/α-hetero) is 1. The van der Waals surface area contributed by atoms with Crippen LogP contribution in [0.5, 0.6) is 0 Å². The van der Waals surface area contributed by atoms with Gasteiger partial charge in [-0.3, -0.25) is 9.59 Å². The number of halogens is 1. The molecule has 0 aliphatic heterocycles. The van der Waals surface area contributed by atoms with Gasteiger partial charge >= 0.3 is 5.97 Å². The molecule has 1 rings (SSSR count). The van der Waals surface area contributed by atoms with Crippen molar-refractivity contribution in [3.63, 3.8) is 0 Å². The Bertz CT molecular complexity index is 406. The molecular weight excluding hydrogens is 292 g/mol. The largest absolute Gasteiger partial charge is 0.480 e. The van der Waals surface area contributed by atoms with E-state index in [0.717, 1.165) is 4.47 Å². The predicted molar refractivity (Wildman–Crippen MR) is 68.0 cm³/mol. The monoisotopic (exact) mass is 302 g/mol. The zero-order valence-corrected chi connectivity index (χ0v) is 11.0. The van der Waals surface area contributed by atoms with Crippen LogP contribution in [-0.4, -0.2) is 28.4 Å². The van der Waals surface area contributed by atoms with Gasteiger partial charge in [0.2, 0.25) is 0 Å². The van der Waals surface area contributed by atoms with Crippen molar-refractivity contribution in [2.75, 3.05) is 6.26 Å². The van der Waals surface area contributed by atoms with E-state index < -0.39 is 11.2 Å². The van der Waals surface area contributed by atoms with Crippen LogP contribution in [-0.2, 0) is 4.79 Å². The second-order valence-corrected chi connectivity index (χ2v) is 5.16. The number of carboxylic acids is 1. The minimum atomic E-state index is -0.948. The molecular formula is C11H11BrO3S. The fourth-order valence-corrected chi connectivity index (χ4v) is 2.14. The van der Waals surface area contributed by atoms with Crippen LogP contribution in [0, 0.1) is 0 Å². The van der Waals surface area contributed by atoms with Crippen molar-refractivity contribution in [1.82, 2.24) is 0 Å². The number of benzene rings is 1. The predicted octanol–water partition coefficient (Wildman–Crippen LogP) is 2.84. The molecule has 0 saturated carbocycles. The lowest BCUT2D eigenvalue weighted by Crippen LogP contribution is -2.20. The summed E-state index contributed by atoms with van der Waals surface area (Å²) in [7, 11) is 0. The zero-order valence-electron chi connectivity index (χ0n) is 8.64. The highest BCUT2D eigenvalue weighted by Crippen LogP contribution is 2.17. The van der Waals surface area contributed by atoms with Gasteiger partial charge in [-0.2, -0.15) is 0 Å². The van der Waals surface area contributed by atoms with Crippen LogP contribution in [0.25, 0.3) is 0 Å². The van der Waals surface area contributed by atoms with Crippen molar-refractivity contribution in [2.45, 2.75) is 11.7 Å². The summed E-state index contributed by atoms with van der Waals surface area (Å²) in [5, 5.41) is 8.17. The van der Waals surface area contributed by atoms with Gasteiger partial charge in [0, 0.05) is 16.5 Å². The highest BCUT2D eigenvalue weighted by atomic mass is 79.9. The van der Waals surface area contributed by atoms with Crippen LogP contribution in [0.1, 0.15) is 16.8 Å². The molecule has 1 N–H and O–H groups in total. The first-order valence-electron chi connectivity index (χ1n) is 4.59. The van der Waals surface area contributed by atoms with Crippen molar-refractivity contribution >= 4 is 39.4 Å². The van der Waals surface area contributed by atoms with Gasteiger partial charge in [-0.15, -0.1) is 11.8 Å². The first-order chi connectivity index (χ1) is 7.54. The van der Waals surface area contributed by atoms with Gasteiger partial charge in [-0.1, -0.05) is 28.1 Å². The van der Waals surface area contributed by atoms with E-state index in [4.69, 9.17) is 5.11 Å². The third kappa shape index (κ3) is 3.64. The molecule has 0 heterocycles. The number of rotatable bonds is 5. The van der Waals surface area contributed by atoms with E-state index in [2.05, 4.69) is 15.9 Å². The Morgan fingerprint density at radius 1 is 1.50 bits per heavy atom. The van der Waals surface area contributed by atoms with Gasteiger partial charge in [0.25, 0.3) is 0 Å². The molecule has 0 bridgehead atoms. The molecule has 16 heavy (non-hydrogen) atoms. The number of carboxylic acid groups (broad SMARTS) is 1. The molecule has 1 aromatic rings. The summed E-state index contributed by atoms with van der Waals surface area (Å²) in [6.07, 6.45) is 1.71. The van der Waals surface area contributed by atoms with Crippen LogP contribution in [0.15, 0.2) is 28.7 Å². The standard InChI is InChI=1S/C11H11BrO3S/c1-16-10(11(14)15)6-9(13)7-3-2-4-8(12)5-7/h2-5,10H,6H2,1H3,(H,14,15). The smallest absolute Gasteiger partial charge is 0.317 e. The fourth-order valence-electron chi connectivity index (χ4n) is 1.22. The highest BCUT2D eigenvalue weighted by molar-refractivity contribution is 9.10. The summed E-state index contributed by atoms with van der Waals surface area (Å²) in [5.74, 6) is -1.10. The Balaban J connectivity index is 2.75. The van der Waals surface area contributed by atoms with E-state index in [9.17, 15) is 9.59 Å². The van der Waals surface area contributed by atoms with Crippen LogP contribution >= 0.6 is 27.7 Å². The molecule has 0 aromatic heterocycles. The maximum Gasteiger partial charge on any atom is 0.317 e. The molecule has 1 unspecified atom stereocenters. The van der Waals surface area contributed by atoms with E-state index in [1.54, 1.807) is 24.5 Å². The zero-order chi connectivity index (χ0) is 12.1. The molecule has 1 atom stereocenters. The normalized spacial score (nSPS) is 12.1. The second-order valence-electron chi connectivity index (χ2n) is 3.20. The van der Waals surface area contributed by atoms with Crippen LogP contribution < -0.4 is 0 Å². The van der Waals surface area contributed by atoms with E-state index >= 15 is 0 Å². The number of carbonyl (C=O) groups is 2. The second kappa shape index (κ2) is 6.06. The van der Waals surface area contributed by atoms with E-state index in [1.807, 2.05) is 6.07 Å². The molecule has 1 aromatic carbocycles. The Labute approximate surface area is 106 Å². The van der Waals surface area contributed by atoms with E-state index in [1.165, 1.54) is 11.8 Å². The van der Waals surface area contributed by atoms with Crippen LogP contribution in [0.4, 0.5) is 0 Å². The minimum absolute atomic E-state index is 0.0208. The average molecular weight is 303 g/mol. The van der Waals surface area contributed by atoms with Crippen LogP contribution in [0.2, 0.25) is 0 Å². The summed E-state index contributed by atoms with van der Waals surface area (Å²) < 4.78 is 0.814. The maximum absolute atomic E-state index is 11.8. The maximum atomic E-state index is 11.8. The molecule has 3 nitrogen and oxygen atoms in total. The Hall–Kier alpha value is -0.810. The van der Waals surface area contributed by atoms with Gasteiger partial charge in [0.05, 0.1) is 0 Å². The minimum Gasteiger partial charge on any atom is -0.480 e. The average Bonchev–Trinajstić information content (AvgIpc) is 2.25.